The number of hydrogen-bond donors (Lipinski definition) is 3. The number of nitrogens with two attached hydrogens (primary N) is 1. The lowest BCUT2D eigenvalue weighted by atomic mass is 10.2. The molecule has 1 aromatic carbocycles. The lowest BCUT2D eigenvalue weighted by molar-refractivity contribution is 0.0953. The van der Waals surface area contributed by atoms with Crippen LogP contribution in [-0.4, -0.2) is 33.5 Å². The van der Waals surface area contributed by atoms with Gasteiger partial charge in [-0.05, 0) is 51.4 Å². The van der Waals surface area contributed by atoms with Crippen LogP contribution in [0.25, 0.3) is 0 Å². The summed E-state index contributed by atoms with van der Waals surface area (Å²) in [7, 11) is -3.59. The van der Waals surface area contributed by atoms with Gasteiger partial charge in [0.05, 0.1) is 4.90 Å². The number of benzene rings is 1. The Bertz CT molecular complexity index is 571. The number of unbranched alkanes of at least 4 members (excludes halogenated alkanes) is 1. The van der Waals surface area contributed by atoms with Crippen LogP contribution in [0.3, 0.4) is 0 Å². The molecule has 0 spiro atoms. The minimum absolute atomic E-state index is 0.0887. The molecule has 0 aliphatic heterocycles. The van der Waals surface area contributed by atoms with Crippen LogP contribution in [0.4, 0.5) is 0 Å². The van der Waals surface area contributed by atoms with Crippen LogP contribution in [0.2, 0.25) is 0 Å². The topological polar surface area (TPSA) is 101 Å². The van der Waals surface area contributed by atoms with Crippen LogP contribution in [-0.2, 0) is 10.0 Å². The van der Waals surface area contributed by atoms with Gasteiger partial charge in [0.1, 0.15) is 0 Å². The number of hydrogen-bond acceptors (Lipinski definition) is 4. The van der Waals surface area contributed by atoms with Gasteiger partial charge in [-0.2, -0.15) is 0 Å². The second-order valence-corrected chi connectivity index (χ2v) is 6.77. The second kappa shape index (κ2) is 8.11. The van der Waals surface area contributed by atoms with Crippen LogP contribution < -0.4 is 15.8 Å². The molecule has 0 unspecified atom stereocenters. The second-order valence-electron chi connectivity index (χ2n) is 5.06. The maximum atomic E-state index is 12.1. The Hall–Kier alpha value is -1.44. The van der Waals surface area contributed by atoms with Crippen molar-refractivity contribution in [3.05, 3.63) is 29.8 Å². The Balaban J connectivity index is 2.78. The van der Waals surface area contributed by atoms with Crippen molar-refractivity contribution in [3.8, 4) is 0 Å². The zero-order valence-electron chi connectivity index (χ0n) is 12.4. The van der Waals surface area contributed by atoms with Gasteiger partial charge in [0.25, 0.3) is 5.91 Å². The molecule has 1 amide bonds. The molecule has 0 saturated carbocycles. The largest absolute Gasteiger partial charge is 0.352 e. The smallest absolute Gasteiger partial charge is 0.251 e. The van der Waals surface area contributed by atoms with E-state index in [1.165, 1.54) is 12.1 Å². The predicted octanol–water partition coefficient (Wildman–Crippen LogP) is 0.842. The first kappa shape index (κ1) is 17.6. The third-order valence-electron chi connectivity index (χ3n) is 2.71. The zero-order valence-corrected chi connectivity index (χ0v) is 13.2. The maximum Gasteiger partial charge on any atom is 0.251 e. The maximum absolute atomic E-state index is 12.1. The molecule has 0 radical (unpaired) electrons. The molecule has 4 N–H and O–H groups in total. The fourth-order valence-corrected chi connectivity index (χ4v) is 3.05. The molecule has 0 fully saturated rings. The number of carbonyl (C=O) groups is 1. The normalized spacial score (nSPS) is 11.6. The summed E-state index contributed by atoms with van der Waals surface area (Å²) in [6, 6.07) is 5.79. The fraction of sp³-hybridized carbons (Fsp3) is 0.500. The van der Waals surface area contributed by atoms with Gasteiger partial charge in [-0.15, -0.1) is 0 Å². The summed E-state index contributed by atoms with van der Waals surface area (Å²) < 4.78 is 26.6. The third kappa shape index (κ3) is 5.82. The predicted molar refractivity (Wildman–Crippen MR) is 82.5 cm³/mol. The summed E-state index contributed by atoms with van der Waals surface area (Å²) in [4.78, 5) is 12.0. The van der Waals surface area contributed by atoms with Gasteiger partial charge >= 0.3 is 0 Å². The van der Waals surface area contributed by atoms with E-state index in [4.69, 9.17) is 5.73 Å². The van der Waals surface area contributed by atoms with Crippen molar-refractivity contribution >= 4 is 15.9 Å². The number of rotatable bonds is 8. The Labute approximate surface area is 126 Å². The molecule has 6 nitrogen and oxygen atoms in total. The van der Waals surface area contributed by atoms with E-state index >= 15 is 0 Å². The molecular weight excluding hydrogens is 290 g/mol. The number of sulfonamides is 1. The summed E-state index contributed by atoms with van der Waals surface area (Å²) in [5.74, 6) is -0.284. The molecule has 1 aromatic rings. The highest BCUT2D eigenvalue weighted by atomic mass is 32.2. The quantitative estimate of drug-likeness (QED) is 0.619. The van der Waals surface area contributed by atoms with Crippen molar-refractivity contribution in [1.82, 2.24) is 10.0 Å². The Kier molecular flexibility index (Phi) is 6.80. The molecule has 0 aliphatic carbocycles. The summed E-state index contributed by atoms with van der Waals surface area (Å²) in [6.07, 6.45) is 1.64. The monoisotopic (exact) mass is 313 g/mol. The molecule has 0 atom stereocenters. The Morgan fingerprint density at radius 1 is 1.29 bits per heavy atom. The van der Waals surface area contributed by atoms with Crippen LogP contribution in [0.15, 0.2) is 29.2 Å². The van der Waals surface area contributed by atoms with Crippen molar-refractivity contribution in [2.24, 2.45) is 5.73 Å². The van der Waals surface area contributed by atoms with E-state index in [0.29, 0.717) is 18.7 Å². The molecule has 1 rings (SSSR count). The first-order chi connectivity index (χ1) is 9.86. The van der Waals surface area contributed by atoms with E-state index < -0.39 is 10.0 Å². The SMILES string of the molecule is CC(C)NS(=O)(=O)c1cccc(C(=O)NCCCCN)c1. The first-order valence-corrected chi connectivity index (χ1v) is 8.46. The summed E-state index contributed by atoms with van der Waals surface area (Å²) in [6.45, 7) is 4.60. The number of nitrogens with one attached hydrogen (secondary N) is 2. The average molecular weight is 313 g/mol. The summed E-state index contributed by atoms with van der Waals surface area (Å²) in [5, 5.41) is 2.74. The van der Waals surface area contributed by atoms with E-state index in [1.54, 1.807) is 26.0 Å². The van der Waals surface area contributed by atoms with E-state index in [0.717, 1.165) is 12.8 Å². The molecule has 0 aliphatic rings. The number of amides is 1. The van der Waals surface area contributed by atoms with Crippen molar-refractivity contribution < 1.29 is 13.2 Å². The van der Waals surface area contributed by atoms with Gasteiger partial charge in [-0.3, -0.25) is 4.79 Å². The van der Waals surface area contributed by atoms with Crippen molar-refractivity contribution in [2.75, 3.05) is 13.1 Å². The molecular formula is C14H23N3O3S. The van der Waals surface area contributed by atoms with Crippen molar-refractivity contribution in [1.29, 1.82) is 0 Å². The van der Waals surface area contributed by atoms with Gasteiger partial charge in [0.15, 0.2) is 0 Å². The lowest BCUT2D eigenvalue weighted by Crippen LogP contribution is -2.30. The van der Waals surface area contributed by atoms with E-state index in [1.807, 2.05) is 0 Å². The zero-order chi connectivity index (χ0) is 15.9. The highest BCUT2D eigenvalue weighted by Crippen LogP contribution is 2.12. The van der Waals surface area contributed by atoms with Crippen molar-refractivity contribution in [3.63, 3.8) is 0 Å². The molecule has 7 heteroatoms. The van der Waals surface area contributed by atoms with E-state index in [2.05, 4.69) is 10.0 Å². The van der Waals surface area contributed by atoms with Gasteiger partial charge in [0.2, 0.25) is 10.0 Å². The molecule has 0 aromatic heterocycles. The lowest BCUT2D eigenvalue weighted by Gasteiger charge is -2.11. The minimum Gasteiger partial charge on any atom is -0.352 e. The van der Waals surface area contributed by atoms with Crippen LogP contribution in [0.1, 0.15) is 37.0 Å². The Morgan fingerprint density at radius 3 is 2.62 bits per heavy atom. The molecule has 0 bridgehead atoms. The fourth-order valence-electron chi connectivity index (χ4n) is 1.76. The third-order valence-corrected chi connectivity index (χ3v) is 4.37. The summed E-state index contributed by atoms with van der Waals surface area (Å²) >= 11 is 0. The first-order valence-electron chi connectivity index (χ1n) is 6.97. The summed E-state index contributed by atoms with van der Waals surface area (Å²) in [5.41, 5.74) is 5.71. The average Bonchev–Trinajstić information content (AvgIpc) is 2.42. The minimum atomic E-state index is -3.59. The van der Waals surface area contributed by atoms with Crippen molar-refractivity contribution in [2.45, 2.75) is 37.6 Å². The highest BCUT2D eigenvalue weighted by Gasteiger charge is 2.17. The molecule has 0 heterocycles. The Morgan fingerprint density at radius 2 is 2.00 bits per heavy atom. The standard InChI is InChI=1S/C14H23N3O3S/c1-11(2)17-21(19,20)13-7-5-6-12(10-13)14(18)16-9-4-3-8-15/h5-7,10-11,17H,3-4,8-9,15H2,1-2H3,(H,16,18). The molecule has 0 saturated heterocycles. The molecule has 21 heavy (non-hydrogen) atoms. The van der Waals surface area contributed by atoms with E-state index in [-0.39, 0.29) is 16.8 Å². The van der Waals surface area contributed by atoms with Gasteiger partial charge in [0, 0.05) is 18.2 Å². The number of carbonyl (C=O) groups excluding carboxylic acids is 1. The van der Waals surface area contributed by atoms with Crippen LogP contribution in [0.5, 0.6) is 0 Å². The van der Waals surface area contributed by atoms with Gasteiger partial charge < -0.3 is 11.1 Å². The van der Waals surface area contributed by atoms with Crippen LogP contribution >= 0.6 is 0 Å². The highest BCUT2D eigenvalue weighted by molar-refractivity contribution is 7.89. The van der Waals surface area contributed by atoms with Gasteiger partial charge in [-0.1, -0.05) is 6.07 Å². The van der Waals surface area contributed by atoms with Gasteiger partial charge in [-0.25, -0.2) is 13.1 Å². The van der Waals surface area contributed by atoms with Crippen LogP contribution in [0, 0.1) is 0 Å². The molecule has 118 valence electrons. The van der Waals surface area contributed by atoms with E-state index in [9.17, 15) is 13.2 Å².